The fourth-order valence-corrected chi connectivity index (χ4v) is 3.23. The number of hydrogen-bond donors (Lipinski definition) is 2. The second kappa shape index (κ2) is 6.84. The van der Waals surface area contributed by atoms with E-state index in [1.54, 1.807) is 0 Å². The summed E-state index contributed by atoms with van der Waals surface area (Å²) >= 11 is 0. The summed E-state index contributed by atoms with van der Waals surface area (Å²) in [5.74, 6) is 0. The van der Waals surface area contributed by atoms with Crippen LogP contribution >= 0.6 is 0 Å². The molecule has 2 atom stereocenters. The zero-order valence-corrected chi connectivity index (χ0v) is 10.7. The molecular weight excluding hydrogens is 210 g/mol. The van der Waals surface area contributed by atoms with Gasteiger partial charge < -0.3 is 10.2 Å². The lowest BCUT2D eigenvalue weighted by molar-refractivity contribution is 0.150. The zero-order chi connectivity index (χ0) is 11.9. The van der Waals surface area contributed by atoms with E-state index in [-0.39, 0.29) is 12.3 Å². The SMILES string of the molecule is C[Si](C)(C)C(N=[N+]=[N-])C(O)CCCCO. The van der Waals surface area contributed by atoms with Crippen molar-refractivity contribution < 1.29 is 10.2 Å². The largest absolute Gasteiger partial charge is 0.396 e. The van der Waals surface area contributed by atoms with Crippen LogP contribution in [0.25, 0.3) is 10.4 Å². The van der Waals surface area contributed by atoms with Crippen LogP contribution in [0, 0.1) is 0 Å². The highest BCUT2D eigenvalue weighted by Gasteiger charge is 2.31. The van der Waals surface area contributed by atoms with Gasteiger partial charge in [-0.1, -0.05) is 24.8 Å². The highest BCUT2D eigenvalue weighted by atomic mass is 28.3. The molecule has 0 heterocycles. The Hall–Kier alpha value is -0.553. The molecule has 15 heavy (non-hydrogen) atoms. The maximum absolute atomic E-state index is 9.89. The van der Waals surface area contributed by atoms with E-state index in [9.17, 15) is 5.11 Å². The summed E-state index contributed by atoms with van der Waals surface area (Å²) in [5, 5.41) is 22.2. The summed E-state index contributed by atoms with van der Waals surface area (Å²) in [6.45, 7) is 6.36. The molecule has 5 nitrogen and oxygen atoms in total. The standard InChI is InChI=1S/C9H21N3O2Si/c1-15(2,3)9(11-12-10)8(14)6-4-5-7-13/h8-9,13-14H,4-7H2,1-3H3. The van der Waals surface area contributed by atoms with Gasteiger partial charge in [-0.05, 0) is 24.8 Å². The third-order valence-electron chi connectivity index (χ3n) is 2.34. The Morgan fingerprint density at radius 3 is 2.33 bits per heavy atom. The van der Waals surface area contributed by atoms with Gasteiger partial charge in [0.05, 0.1) is 19.8 Å². The molecule has 0 rings (SSSR count). The van der Waals surface area contributed by atoms with Crippen molar-refractivity contribution in [3.8, 4) is 0 Å². The fraction of sp³-hybridized carbons (Fsp3) is 1.00. The van der Waals surface area contributed by atoms with Gasteiger partial charge in [0.15, 0.2) is 0 Å². The molecule has 6 heteroatoms. The molecule has 0 saturated heterocycles. The average molecular weight is 231 g/mol. The minimum absolute atomic E-state index is 0.145. The lowest BCUT2D eigenvalue weighted by Gasteiger charge is -2.29. The third kappa shape index (κ3) is 5.79. The van der Waals surface area contributed by atoms with E-state index in [4.69, 9.17) is 10.6 Å². The predicted octanol–water partition coefficient (Wildman–Crippen LogP) is 2.07. The van der Waals surface area contributed by atoms with Gasteiger partial charge in [0.25, 0.3) is 0 Å². The number of unbranched alkanes of at least 4 members (excludes halogenated alkanes) is 1. The quantitative estimate of drug-likeness (QED) is 0.231. The van der Waals surface area contributed by atoms with E-state index in [0.29, 0.717) is 12.8 Å². The van der Waals surface area contributed by atoms with Crippen LogP contribution in [-0.4, -0.2) is 36.7 Å². The molecule has 0 fully saturated rings. The highest BCUT2D eigenvalue weighted by Crippen LogP contribution is 2.19. The molecule has 0 aromatic heterocycles. The van der Waals surface area contributed by atoms with Gasteiger partial charge in [-0.15, -0.1) is 0 Å². The van der Waals surface area contributed by atoms with Gasteiger partial charge in [0, 0.05) is 11.5 Å². The molecular formula is C9H21N3O2Si. The van der Waals surface area contributed by atoms with Crippen LogP contribution in [-0.2, 0) is 0 Å². The fourth-order valence-electron chi connectivity index (χ4n) is 1.51. The van der Waals surface area contributed by atoms with Gasteiger partial charge in [0.1, 0.15) is 0 Å². The number of aliphatic hydroxyl groups excluding tert-OH is 2. The van der Waals surface area contributed by atoms with E-state index < -0.39 is 14.2 Å². The maximum Gasteiger partial charge on any atom is 0.0600 e. The summed E-state index contributed by atoms with van der Waals surface area (Å²) in [6.07, 6.45) is 1.47. The van der Waals surface area contributed by atoms with Crippen LogP contribution in [0.4, 0.5) is 0 Å². The number of nitrogens with zero attached hydrogens (tertiary/aromatic N) is 3. The van der Waals surface area contributed by atoms with Gasteiger partial charge in [-0.2, -0.15) is 0 Å². The number of azide groups is 1. The Bertz CT molecular complexity index is 224. The molecule has 0 aliphatic rings. The third-order valence-corrected chi connectivity index (χ3v) is 4.61. The van der Waals surface area contributed by atoms with Crippen molar-refractivity contribution in [1.82, 2.24) is 0 Å². The molecule has 0 spiro atoms. The van der Waals surface area contributed by atoms with Crippen LogP contribution in [0.15, 0.2) is 5.11 Å². The zero-order valence-electron chi connectivity index (χ0n) is 9.72. The second-order valence-electron chi connectivity index (χ2n) is 4.80. The monoisotopic (exact) mass is 231 g/mol. The number of rotatable bonds is 7. The van der Waals surface area contributed by atoms with Crippen molar-refractivity contribution in [2.75, 3.05) is 6.61 Å². The summed E-state index contributed by atoms with van der Waals surface area (Å²) in [4.78, 5) is 2.80. The summed E-state index contributed by atoms with van der Waals surface area (Å²) in [7, 11) is -1.66. The number of aliphatic hydroxyl groups is 2. The van der Waals surface area contributed by atoms with Crippen LogP contribution in [0.2, 0.25) is 19.6 Å². The van der Waals surface area contributed by atoms with Crippen molar-refractivity contribution in [2.24, 2.45) is 5.11 Å². The molecule has 0 bridgehead atoms. The van der Waals surface area contributed by atoms with Crippen LogP contribution in [0.3, 0.4) is 0 Å². The van der Waals surface area contributed by atoms with Crippen LogP contribution < -0.4 is 0 Å². The lowest BCUT2D eigenvalue weighted by atomic mass is 10.1. The number of hydrogen-bond acceptors (Lipinski definition) is 3. The molecule has 0 amide bonds. The smallest absolute Gasteiger partial charge is 0.0600 e. The molecule has 0 radical (unpaired) electrons. The maximum atomic E-state index is 9.89. The van der Waals surface area contributed by atoms with Crippen molar-refractivity contribution in [2.45, 2.75) is 50.7 Å². The van der Waals surface area contributed by atoms with E-state index in [2.05, 4.69) is 29.7 Å². The first-order valence-corrected chi connectivity index (χ1v) is 8.84. The van der Waals surface area contributed by atoms with Gasteiger partial charge in [-0.3, -0.25) is 0 Å². The highest BCUT2D eigenvalue weighted by molar-refractivity contribution is 6.77. The molecule has 0 saturated carbocycles. The lowest BCUT2D eigenvalue weighted by Crippen LogP contribution is -2.45. The normalized spacial score (nSPS) is 15.5. The molecule has 2 N–H and O–H groups in total. The second-order valence-corrected chi connectivity index (χ2v) is 10.1. The summed E-state index contributed by atoms with van der Waals surface area (Å²) < 4.78 is 0. The van der Waals surface area contributed by atoms with Crippen molar-refractivity contribution in [1.29, 1.82) is 0 Å². The van der Waals surface area contributed by atoms with E-state index in [1.165, 1.54) is 0 Å². The van der Waals surface area contributed by atoms with E-state index in [0.717, 1.165) is 6.42 Å². The van der Waals surface area contributed by atoms with Gasteiger partial charge in [0.2, 0.25) is 0 Å². The van der Waals surface area contributed by atoms with E-state index in [1.807, 2.05) is 0 Å². The molecule has 0 aliphatic heterocycles. The molecule has 0 aliphatic carbocycles. The van der Waals surface area contributed by atoms with Crippen LogP contribution in [0.5, 0.6) is 0 Å². The topological polar surface area (TPSA) is 89.2 Å². The Labute approximate surface area is 91.8 Å². The first kappa shape index (κ1) is 14.4. The Morgan fingerprint density at radius 1 is 1.33 bits per heavy atom. The van der Waals surface area contributed by atoms with E-state index >= 15 is 0 Å². The minimum atomic E-state index is -1.66. The first-order chi connectivity index (χ1) is 6.93. The molecule has 2 unspecified atom stereocenters. The van der Waals surface area contributed by atoms with Crippen molar-refractivity contribution >= 4 is 8.07 Å². The van der Waals surface area contributed by atoms with Crippen LogP contribution in [0.1, 0.15) is 19.3 Å². The Morgan fingerprint density at radius 2 is 1.93 bits per heavy atom. The first-order valence-electron chi connectivity index (χ1n) is 5.26. The molecule has 0 aromatic carbocycles. The molecule has 88 valence electrons. The Kier molecular flexibility index (Phi) is 6.59. The summed E-state index contributed by atoms with van der Waals surface area (Å²) in [5.41, 5.74) is 8.17. The van der Waals surface area contributed by atoms with Crippen molar-refractivity contribution in [3.05, 3.63) is 10.4 Å². The molecule has 0 aromatic rings. The predicted molar refractivity (Wildman–Crippen MR) is 63.2 cm³/mol. The summed E-state index contributed by atoms with van der Waals surface area (Å²) in [6, 6.07) is 0. The average Bonchev–Trinajstić information content (AvgIpc) is 2.12. The van der Waals surface area contributed by atoms with Gasteiger partial charge in [-0.25, -0.2) is 0 Å². The Balaban J connectivity index is 4.30. The minimum Gasteiger partial charge on any atom is -0.396 e. The van der Waals surface area contributed by atoms with Gasteiger partial charge >= 0.3 is 0 Å². The van der Waals surface area contributed by atoms with Crippen molar-refractivity contribution in [3.63, 3.8) is 0 Å².